The monoisotopic (exact) mass is 775 g/mol. The highest BCUT2D eigenvalue weighted by Gasteiger charge is 2.37. The quantitative estimate of drug-likeness (QED) is 0.0544. The van der Waals surface area contributed by atoms with E-state index in [0.717, 1.165) is 29.9 Å². The molecule has 2 aromatic carbocycles. The lowest BCUT2D eigenvalue weighted by molar-refractivity contribution is -0.167. The second kappa shape index (κ2) is 21.6. The number of unbranched alkanes of at least 4 members (excludes halogenated alkanes) is 1. The van der Waals surface area contributed by atoms with Gasteiger partial charge in [0.15, 0.2) is 0 Å². The molecule has 12 nitrogen and oxygen atoms in total. The number of esters is 2. The first-order chi connectivity index (χ1) is 25.1. The number of benzene rings is 2. The number of carbonyl (C=O) groups excluding carboxylic acids is 3. The summed E-state index contributed by atoms with van der Waals surface area (Å²) in [6.07, 6.45) is 1.58. The van der Waals surface area contributed by atoms with Crippen molar-refractivity contribution in [1.82, 2.24) is 0 Å². The van der Waals surface area contributed by atoms with E-state index in [-0.39, 0.29) is 31.4 Å². The number of phosphoric acid groups is 1. The first-order valence-corrected chi connectivity index (χ1v) is 20.5. The highest BCUT2D eigenvalue weighted by molar-refractivity contribution is 7.48. The van der Waals surface area contributed by atoms with Crippen LogP contribution in [0.1, 0.15) is 125 Å². The van der Waals surface area contributed by atoms with Gasteiger partial charge in [0.1, 0.15) is 0 Å². The van der Waals surface area contributed by atoms with Crippen LogP contribution in [0, 0.1) is 18.8 Å². The molecule has 54 heavy (non-hydrogen) atoms. The average Bonchev–Trinajstić information content (AvgIpc) is 3.02. The largest absolute Gasteiger partial charge is 0.475 e. The van der Waals surface area contributed by atoms with E-state index in [1.807, 2.05) is 56.3 Å². The Morgan fingerprint density at radius 2 is 1.37 bits per heavy atom. The van der Waals surface area contributed by atoms with Crippen LogP contribution >= 0.6 is 7.82 Å². The van der Waals surface area contributed by atoms with Crippen molar-refractivity contribution in [3.05, 3.63) is 53.6 Å². The minimum atomic E-state index is -3.83. The Morgan fingerprint density at radius 3 is 1.91 bits per heavy atom. The summed E-state index contributed by atoms with van der Waals surface area (Å²) in [7, 11) is -3.83. The van der Waals surface area contributed by atoms with Crippen molar-refractivity contribution < 1.29 is 42.0 Å². The first-order valence-electron chi connectivity index (χ1n) is 19.1. The number of rotatable bonds is 21. The van der Waals surface area contributed by atoms with E-state index in [1.165, 1.54) is 0 Å². The summed E-state index contributed by atoms with van der Waals surface area (Å²) in [5.74, 6) is -0.449. The van der Waals surface area contributed by atoms with Crippen LogP contribution in [-0.2, 0) is 37.2 Å². The summed E-state index contributed by atoms with van der Waals surface area (Å²) >= 11 is 0. The van der Waals surface area contributed by atoms with E-state index < -0.39 is 37.8 Å². The van der Waals surface area contributed by atoms with E-state index in [4.69, 9.17) is 23.0 Å². The number of ether oxygens (including phenoxy) is 2. The van der Waals surface area contributed by atoms with Gasteiger partial charge in [-0.3, -0.25) is 23.2 Å². The molecule has 0 fully saturated rings. The Bertz CT molecular complexity index is 1500. The molecule has 0 saturated heterocycles. The van der Waals surface area contributed by atoms with Gasteiger partial charge in [-0.15, -0.1) is 0 Å². The minimum absolute atomic E-state index is 0.0627. The van der Waals surface area contributed by atoms with Crippen LogP contribution in [0.2, 0.25) is 0 Å². The Balaban J connectivity index is 2.01. The van der Waals surface area contributed by atoms with Crippen LogP contribution in [-0.4, -0.2) is 55.7 Å². The molecule has 0 aliphatic heterocycles. The number of hydrogen-bond acceptors (Lipinski definition) is 10. The van der Waals surface area contributed by atoms with Gasteiger partial charge in [0, 0.05) is 25.2 Å². The zero-order valence-electron chi connectivity index (χ0n) is 34.7. The Kier molecular flexibility index (Phi) is 18.7. The van der Waals surface area contributed by atoms with Crippen molar-refractivity contribution in [3.8, 4) is 0 Å². The minimum Gasteiger partial charge on any atom is -0.428 e. The highest BCUT2D eigenvalue weighted by Crippen LogP contribution is 2.55. The van der Waals surface area contributed by atoms with Gasteiger partial charge in [0.25, 0.3) is 0 Å². The van der Waals surface area contributed by atoms with E-state index >= 15 is 0 Å². The summed E-state index contributed by atoms with van der Waals surface area (Å²) < 4.78 is 40.3. The maximum Gasteiger partial charge on any atom is 0.475 e. The van der Waals surface area contributed by atoms with Crippen LogP contribution in [0.4, 0.5) is 21.9 Å². The van der Waals surface area contributed by atoms with Crippen LogP contribution in [0.5, 0.6) is 0 Å². The standard InChI is InChI=1S/C41H66N3O9P/c1-13-32(25-38(46)50-28-49-37(45)16-14-15-23-51-54(48,52-40(7,8)9)53-41(10,11)12)33-19-22-36(44(26-29(2)3)27-30(4)5)35(24-33)43-39(47)42-34-20-17-31(6)18-21-34/h17-22,24,29-30,32H,13-16,23,25-28H2,1-12H3,(H2,42,43,47)/t32-/m0/s1. The Morgan fingerprint density at radius 1 is 0.796 bits per heavy atom. The summed E-state index contributed by atoms with van der Waals surface area (Å²) in [5.41, 5.74) is 2.72. The van der Waals surface area contributed by atoms with E-state index in [9.17, 15) is 18.9 Å². The van der Waals surface area contributed by atoms with Crippen molar-refractivity contribution in [2.45, 2.75) is 132 Å². The summed E-state index contributed by atoms with van der Waals surface area (Å²) in [5, 5.41) is 5.99. The molecule has 0 spiro atoms. The molecule has 1 atom stereocenters. The van der Waals surface area contributed by atoms with E-state index in [1.54, 1.807) is 41.5 Å². The van der Waals surface area contributed by atoms with Crippen molar-refractivity contribution in [2.24, 2.45) is 11.8 Å². The molecule has 0 bridgehead atoms. The summed E-state index contributed by atoms with van der Waals surface area (Å²) in [6.45, 7) is 24.4. The number of urea groups is 1. The maximum absolute atomic E-state index is 13.2. The maximum atomic E-state index is 13.2. The van der Waals surface area contributed by atoms with Gasteiger partial charge >= 0.3 is 25.8 Å². The smallest absolute Gasteiger partial charge is 0.428 e. The van der Waals surface area contributed by atoms with Crippen molar-refractivity contribution in [1.29, 1.82) is 0 Å². The molecule has 2 rings (SSSR count). The average molecular weight is 776 g/mol. The zero-order chi connectivity index (χ0) is 40.7. The number of phosphoric ester groups is 1. The predicted molar refractivity (Wildman–Crippen MR) is 216 cm³/mol. The third kappa shape index (κ3) is 18.7. The van der Waals surface area contributed by atoms with Gasteiger partial charge in [0.2, 0.25) is 6.79 Å². The van der Waals surface area contributed by atoms with Gasteiger partial charge < -0.3 is 25.0 Å². The number of anilines is 3. The van der Waals surface area contributed by atoms with Crippen molar-refractivity contribution in [2.75, 3.05) is 42.0 Å². The molecular weight excluding hydrogens is 709 g/mol. The van der Waals surface area contributed by atoms with Gasteiger partial charge in [-0.2, -0.15) is 0 Å². The lowest BCUT2D eigenvalue weighted by Crippen LogP contribution is -2.32. The normalized spacial score (nSPS) is 12.8. The third-order valence-corrected chi connectivity index (χ3v) is 9.74. The van der Waals surface area contributed by atoms with Gasteiger partial charge in [-0.25, -0.2) is 9.36 Å². The second-order valence-corrected chi connectivity index (χ2v) is 18.0. The fraction of sp³-hybridized carbons (Fsp3) is 0.634. The highest BCUT2D eigenvalue weighted by atomic mass is 31.2. The van der Waals surface area contributed by atoms with Gasteiger partial charge in [-0.05, 0) is 115 Å². The predicted octanol–water partition coefficient (Wildman–Crippen LogP) is 10.6. The molecule has 2 amide bonds. The zero-order valence-corrected chi connectivity index (χ0v) is 35.6. The number of nitrogens with zero attached hydrogens (tertiary/aromatic N) is 1. The molecule has 0 unspecified atom stereocenters. The van der Waals surface area contributed by atoms with Gasteiger partial charge in [-0.1, -0.05) is 58.4 Å². The van der Waals surface area contributed by atoms with E-state index in [0.29, 0.717) is 42.5 Å². The molecule has 0 heterocycles. The number of amides is 2. The van der Waals surface area contributed by atoms with Gasteiger partial charge in [0.05, 0.1) is 35.6 Å². The molecule has 0 aliphatic rings. The first kappa shape index (κ1) is 46.7. The fourth-order valence-corrected chi connectivity index (χ4v) is 7.38. The third-order valence-electron chi connectivity index (χ3n) is 7.70. The Hall–Kier alpha value is -3.44. The molecule has 0 aliphatic carbocycles. The van der Waals surface area contributed by atoms with Crippen LogP contribution < -0.4 is 15.5 Å². The molecule has 0 radical (unpaired) electrons. The molecule has 304 valence electrons. The number of aryl methyl sites for hydroxylation is 1. The molecule has 0 saturated carbocycles. The summed E-state index contributed by atoms with van der Waals surface area (Å²) in [4.78, 5) is 40.8. The fourth-order valence-electron chi connectivity index (χ4n) is 5.54. The van der Waals surface area contributed by atoms with Crippen molar-refractivity contribution in [3.63, 3.8) is 0 Å². The Labute approximate surface area is 324 Å². The van der Waals surface area contributed by atoms with E-state index in [2.05, 4.69) is 43.2 Å². The molecule has 2 N–H and O–H groups in total. The molecule has 2 aromatic rings. The molecular formula is C41H66N3O9P. The number of nitrogens with one attached hydrogen (secondary N) is 2. The molecule has 0 aromatic heterocycles. The number of carbonyl (C=O) groups is 3. The topological polar surface area (TPSA) is 142 Å². The van der Waals surface area contributed by atoms with Crippen LogP contribution in [0.25, 0.3) is 0 Å². The number of hydrogen-bond donors (Lipinski definition) is 2. The van der Waals surface area contributed by atoms with Crippen LogP contribution in [0.15, 0.2) is 42.5 Å². The summed E-state index contributed by atoms with van der Waals surface area (Å²) in [6, 6.07) is 13.2. The SMILES string of the molecule is CC[C@@H](CC(=O)OCOC(=O)CCCCOP(=O)(OC(C)(C)C)OC(C)(C)C)c1ccc(N(CC(C)C)CC(C)C)c(NC(=O)Nc2ccc(C)cc2)c1. The lowest BCUT2D eigenvalue weighted by atomic mass is 9.92. The molecule has 13 heteroatoms. The lowest BCUT2D eigenvalue weighted by Gasteiger charge is -2.31. The second-order valence-electron chi connectivity index (χ2n) is 16.5. The van der Waals surface area contributed by atoms with Crippen LogP contribution in [0.3, 0.4) is 0 Å². The van der Waals surface area contributed by atoms with Crippen molar-refractivity contribution >= 4 is 42.9 Å².